The van der Waals surface area contributed by atoms with Crippen LogP contribution in [-0.2, 0) is 4.74 Å². The molecule has 0 radical (unpaired) electrons. The van der Waals surface area contributed by atoms with E-state index in [0.717, 1.165) is 11.6 Å². The highest BCUT2D eigenvalue weighted by molar-refractivity contribution is 6.30. The Kier molecular flexibility index (Phi) is 7.23. The van der Waals surface area contributed by atoms with E-state index in [9.17, 15) is 9.18 Å². The van der Waals surface area contributed by atoms with Crippen LogP contribution in [0.4, 0.5) is 15.0 Å². The molecular formula is C20H22ClFN4O3. The van der Waals surface area contributed by atoms with E-state index < -0.39 is 23.6 Å². The van der Waals surface area contributed by atoms with E-state index in [4.69, 9.17) is 26.3 Å². The molecule has 0 unspecified atom stereocenters. The zero-order valence-electron chi connectivity index (χ0n) is 16.5. The molecular weight excluding hydrogens is 399 g/mol. The molecule has 0 aliphatic rings. The van der Waals surface area contributed by atoms with Gasteiger partial charge in [-0.05, 0) is 44.5 Å². The van der Waals surface area contributed by atoms with Gasteiger partial charge in [0, 0.05) is 6.54 Å². The normalized spacial score (nSPS) is 11.9. The van der Waals surface area contributed by atoms with E-state index in [0.29, 0.717) is 5.75 Å². The van der Waals surface area contributed by atoms with E-state index in [1.165, 1.54) is 0 Å². The predicted octanol–water partition coefficient (Wildman–Crippen LogP) is 4.43. The summed E-state index contributed by atoms with van der Waals surface area (Å²) in [7, 11) is 1.55. The van der Waals surface area contributed by atoms with Gasteiger partial charge in [-0.1, -0.05) is 23.7 Å². The fourth-order valence-corrected chi connectivity index (χ4v) is 2.58. The van der Waals surface area contributed by atoms with Gasteiger partial charge in [-0.2, -0.15) is 5.26 Å². The minimum Gasteiger partial charge on any atom is -0.497 e. The molecule has 9 heteroatoms. The monoisotopic (exact) mass is 420 g/mol. The summed E-state index contributed by atoms with van der Waals surface area (Å²) in [5.74, 6) is -0.221. The average Bonchev–Trinajstić information content (AvgIpc) is 2.66. The molecule has 1 heterocycles. The number of methoxy groups -OCH3 is 1. The summed E-state index contributed by atoms with van der Waals surface area (Å²) in [6, 6.07) is 9.26. The first-order valence-electron chi connectivity index (χ1n) is 8.76. The molecule has 0 saturated carbocycles. The van der Waals surface area contributed by atoms with Gasteiger partial charge in [0.05, 0.1) is 18.7 Å². The Morgan fingerprint density at radius 1 is 1.34 bits per heavy atom. The van der Waals surface area contributed by atoms with Crippen molar-refractivity contribution in [3.8, 4) is 11.8 Å². The molecule has 7 nitrogen and oxygen atoms in total. The molecule has 1 aromatic heterocycles. The maximum Gasteiger partial charge on any atom is 0.407 e. The third-order valence-corrected chi connectivity index (χ3v) is 4.02. The fraction of sp³-hybridized carbons (Fsp3) is 0.350. The number of aromatic nitrogens is 1. The number of halogens is 2. The molecule has 154 valence electrons. The summed E-state index contributed by atoms with van der Waals surface area (Å²) in [4.78, 5) is 15.9. The smallest absolute Gasteiger partial charge is 0.407 e. The second kappa shape index (κ2) is 9.43. The van der Waals surface area contributed by atoms with Crippen LogP contribution < -0.4 is 15.4 Å². The summed E-state index contributed by atoms with van der Waals surface area (Å²) in [6.07, 6.45) is -0.607. The van der Waals surface area contributed by atoms with Gasteiger partial charge >= 0.3 is 6.09 Å². The van der Waals surface area contributed by atoms with Crippen LogP contribution in [0.5, 0.6) is 5.75 Å². The number of carbonyl (C=O) groups excluding carboxylic acids is 1. The predicted molar refractivity (Wildman–Crippen MR) is 108 cm³/mol. The minimum absolute atomic E-state index is 0.0670. The number of nitrogens with one attached hydrogen (secondary N) is 2. The van der Waals surface area contributed by atoms with Crippen LogP contribution >= 0.6 is 11.6 Å². The Morgan fingerprint density at radius 2 is 2.00 bits per heavy atom. The van der Waals surface area contributed by atoms with Gasteiger partial charge in [0.15, 0.2) is 11.6 Å². The zero-order valence-corrected chi connectivity index (χ0v) is 17.3. The molecule has 0 fully saturated rings. The van der Waals surface area contributed by atoms with Crippen molar-refractivity contribution in [2.45, 2.75) is 32.4 Å². The van der Waals surface area contributed by atoms with Crippen molar-refractivity contribution in [2.24, 2.45) is 0 Å². The molecule has 29 heavy (non-hydrogen) atoms. The minimum atomic E-state index is -0.735. The van der Waals surface area contributed by atoms with Crippen LogP contribution in [0.15, 0.2) is 30.3 Å². The van der Waals surface area contributed by atoms with Crippen LogP contribution in [0.2, 0.25) is 5.15 Å². The highest BCUT2D eigenvalue weighted by atomic mass is 35.5. The maximum absolute atomic E-state index is 14.4. The van der Waals surface area contributed by atoms with Gasteiger partial charge in [-0.3, -0.25) is 0 Å². The van der Waals surface area contributed by atoms with Crippen molar-refractivity contribution in [1.29, 1.82) is 5.26 Å². The number of nitrogens with zero attached hydrogens (tertiary/aromatic N) is 2. The number of rotatable bonds is 6. The van der Waals surface area contributed by atoms with Crippen LogP contribution in [0.3, 0.4) is 0 Å². The Morgan fingerprint density at radius 3 is 2.55 bits per heavy atom. The lowest BCUT2D eigenvalue weighted by Crippen LogP contribution is -2.36. The average molecular weight is 421 g/mol. The summed E-state index contributed by atoms with van der Waals surface area (Å²) in [5.41, 5.74) is 0.0210. The highest BCUT2D eigenvalue weighted by Gasteiger charge is 2.20. The molecule has 2 aromatic rings. The number of carbonyl (C=O) groups is 1. The number of hydrogen-bond donors (Lipinski definition) is 2. The molecule has 0 aliphatic carbocycles. The number of ether oxygens (including phenoxy) is 2. The zero-order chi connectivity index (χ0) is 21.6. The van der Waals surface area contributed by atoms with Crippen molar-refractivity contribution >= 4 is 23.5 Å². The SMILES string of the molecule is COc1ccc([C@H](CNC(=O)OC(C)(C)C)Nc2nc(Cl)c(C#N)cc2F)cc1. The van der Waals surface area contributed by atoms with Gasteiger partial charge < -0.3 is 20.1 Å². The fourth-order valence-electron chi connectivity index (χ4n) is 2.40. The second-order valence-corrected chi connectivity index (χ2v) is 7.48. The lowest BCUT2D eigenvalue weighted by atomic mass is 10.1. The summed E-state index contributed by atoms with van der Waals surface area (Å²) in [5, 5.41) is 14.4. The van der Waals surface area contributed by atoms with E-state index in [1.807, 2.05) is 0 Å². The molecule has 0 saturated heterocycles. The van der Waals surface area contributed by atoms with Crippen LogP contribution in [0.25, 0.3) is 0 Å². The quantitative estimate of drug-likeness (QED) is 0.671. The molecule has 1 aromatic carbocycles. The summed E-state index contributed by atoms with van der Waals surface area (Å²) in [6.45, 7) is 5.34. The molecule has 1 amide bonds. The number of hydrogen-bond acceptors (Lipinski definition) is 6. The lowest BCUT2D eigenvalue weighted by Gasteiger charge is -2.23. The number of anilines is 1. The van der Waals surface area contributed by atoms with Crippen LogP contribution in [0, 0.1) is 17.1 Å². The molecule has 0 aliphatic heterocycles. The van der Waals surface area contributed by atoms with Crippen LogP contribution in [0.1, 0.15) is 37.9 Å². The molecule has 1 atom stereocenters. The van der Waals surface area contributed by atoms with Crippen molar-refractivity contribution < 1.29 is 18.7 Å². The van der Waals surface area contributed by atoms with Crippen molar-refractivity contribution in [1.82, 2.24) is 10.3 Å². The van der Waals surface area contributed by atoms with Crippen molar-refractivity contribution in [3.05, 3.63) is 52.4 Å². The summed E-state index contributed by atoms with van der Waals surface area (Å²) < 4.78 is 24.8. The van der Waals surface area contributed by atoms with E-state index in [2.05, 4.69) is 15.6 Å². The van der Waals surface area contributed by atoms with E-state index in [-0.39, 0.29) is 23.1 Å². The lowest BCUT2D eigenvalue weighted by molar-refractivity contribution is 0.0525. The summed E-state index contributed by atoms with van der Waals surface area (Å²) >= 11 is 5.92. The third kappa shape index (κ3) is 6.50. The van der Waals surface area contributed by atoms with E-state index in [1.54, 1.807) is 58.2 Å². The first kappa shape index (κ1) is 22.2. The molecule has 2 rings (SSSR count). The van der Waals surface area contributed by atoms with Crippen LogP contribution in [-0.4, -0.2) is 30.3 Å². The van der Waals surface area contributed by atoms with Gasteiger partial charge in [0.2, 0.25) is 0 Å². The Bertz CT molecular complexity index is 908. The second-order valence-electron chi connectivity index (χ2n) is 7.12. The molecule has 2 N–H and O–H groups in total. The van der Waals surface area contributed by atoms with Gasteiger partial charge in [-0.25, -0.2) is 14.2 Å². The number of amides is 1. The van der Waals surface area contributed by atoms with E-state index >= 15 is 0 Å². The standard InChI is InChI=1S/C20H22ClFN4O3/c1-20(2,3)29-19(27)24-11-16(12-5-7-14(28-4)8-6-12)25-18-15(22)9-13(10-23)17(21)26-18/h5-9,16H,11H2,1-4H3,(H,24,27)(H,25,26)/t16-/m0/s1. The number of alkyl carbamates (subject to hydrolysis) is 1. The molecule has 0 bridgehead atoms. The van der Waals surface area contributed by atoms with Crippen molar-refractivity contribution in [3.63, 3.8) is 0 Å². The molecule has 0 spiro atoms. The maximum atomic E-state index is 14.4. The third-order valence-electron chi connectivity index (χ3n) is 3.73. The Labute approximate surface area is 173 Å². The van der Waals surface area contributed by atoms with Crippen molar-refractivity contribution in [2.75, 3.05) is 19.0 Å². The number of benzene rings is 1. The largest absolute Gasteiger partial charge is 0.497 e. The van der Waals surface area contributed by atoms with Gasteiger partial charge in [0.1, 0.15) is 22.6 Å². The first-order valence-corrected chi connectivity index (χ1v) is 9.14. The highest BCUT2D eigenvalue weighted by Crippen LogP contribution is 2.25. The topological polar surface area (TPSA) is 96.3 Å². The van der Waals surface area contributed by atoms with Gasteiger partial charge in [-0.15, -0.1) is 0 Å². The number of pyridine rings is 1. The number of nitriles is 1. The Balaban J connectivity index is 2.26. The van der Waals surface area contributed by atoms with Gasteiger partial charge in [0.25, 0.3) is 0 Å². The first-order chi connectivity index (χ1) is 13.6. The Hall–Kier alpha value is -3.05.